The lowest BCUT2D eigenvalue weighted by atomic mass is 10.1. The van der Waals surface area contributed by atoms with Gasteiger partial charge in [0.05, 0.1) is 7.11 Å². The second-order valence-electron chi connectivity index (χ2n) is 4.91. The van der Waals surface area contributed by atoms with E-state index in [1.165, 1.54) is 12.0 Å². The molecule has 0 aromatic rings. The van der Waals surface area contributed by atoms with Crippen molar-refractivity contribution < 1.29 is 29.0 Å². The van der Waals surface area contributed by atoms with E-state index < -0.39 is 24.0 Å². The Labute approximate surface area is 123 Å². The molecule has 0 unspecified atom stereocenters. The van der Waals surface area contributed by atoms with Crippen molar-refractivity contribution >= 4 is 18.0 Å². The second-order valence-corrected chi connectivity index (χ2v) is 4.91. The fourth-order valence-electron chi connectivity index (χ4n) is 2.11. The van der Waals surface area contributed by atoms with Gasteiger partial charge < -0.3 is 24.8 Å². The van der Waals surface area contributed by atoms with Crippen LogP contribution < -0.4 is 5.32 Å². The highest BCUT2D eigenvalue weighted by Crippen LogP contribution is 2.13. The zero-order chi connectivity index (χ0) is 15.8. The zero-order valence-electron chi connectivity index (χ0n) is 12.3. The summed E-state index contributed by atoms with van der Waals surface area (Å²) in [5.74, 6) is -1.68. The van der Waals surface area contributed by atoms with Crippen LogP contribution in [-0.4, -0.2) is 67.4 Å². The van der Waals surface area contributed by atoms with Crippen LogP contribution in [0.5, 0.6) is 0 Å². The molecule has 1 aliphatic rings. The summed E-state index contributed by atoms with van der Waals surface area (Å²) in [4.78, 5) is 35.7. The maximum absolute atomic E-state index is 12.1. The highest BCUT2D eigenvalue weighted by Gasteiger charge is 2.27. The molecule has 0 aliphatic carbocycles. The van der Waals surface area contributed by atoms with Crippen LogP contribution in [-0.2, 0) is 19.1 Å². The molecule has 8 nitrogen and oxygen atoms in total. The molecule has 1 atom stereocenters. The highest BCUT2D eigenvalue weighted by atomic mass is 16.5. The van der Waals surface area contributed by atoms with Crippen molar-refractivity contribution in [2.75, 3.05) is 27.4 Å². The minimum absolute atomic E-state index is 0.00460. The molecule has 1 fully saturated rings. The summed E-state index contributed by atoms with van der Waals surface area (Å²) >= 11 is 0. The van der Waals surface area contributed by atoms with Crippen LogP contribution in [0.1, 0.15) is 25.7 Å². The number of carboxylic acids is 1. The van der Waals surface area contributed by atoms with Crippen LogP contribution in [0.25, 0.3) is 0 Å². The Morgan fingerprint density at radius 3 is 2.52 bits per heavy atom. The summed E-state index contributed by atoms with van der Waals surface area (Å²) in [6.45, 7) is 1.18. The summed E-state index contributed by atoms with van der Waals surface area (Å²) in [6.07, 6.45) is 1.39. The number of methoxy groups -OCH3 is 1. The molecule has 1 rings (SSSR count). The minimum atomic E-state index is -1.17. The predicted molar refractivity (Wildman–Crippen MR) is 72.8 cm³/mol. The monoisotopic (exact) mass is 302 g/mol. The van der Waals surface area contributed by atoms with Crippen LogP contribution in [0.2, 0.25) is 0 Å². The number of nitrogens with zero attached hydrogens (tertiary/aromatic N) is 1. The van der Waals surface area contributed by atoms with Gasteiger partial charge in [-0.25, -0.2) is 9.59 Å². The van der Waals surface area contributed by atoms with Crippen molar-refractivity contribution in [2.24, 2.45) is 0 Å². The number of hydrogen-bond acceptors (Lipinski definition) is 5. The number of nitrogens with one attached hydrogen (secondary N) is 1. The van der Waals surface area contributed by atoms with E-state index in [1.807, 2.05) is 0 Å². The third-order valence-electron chi connectivity index (χ3n) is 3.52. The van der Waals surface area contributed by atoms with Crippen LogP contribution in [0.4, 0.5) is 4.79 Å². The van der Waals surface area contributed by atoms with Gasteiger partial charge >= 0.3 is 18.0 Å². The van der Waals surface area contributed by atoms with E-state index in [4.69, 9.17) is 9.84 Å². The lowest BCUT2D eigenvalue weighted by Crippen LogP contribution is -2.51. The maximum Gasteiger partial charge on any atom is 0.326 e. The highest BCUT2D eigenvalue weighted by molar-refractivity contribution is 5.83. The molecule has 1 aliphatic heterocycles. The largest absolute Gasteiger partial charge is 0.480 e. The van der Waals surface area contributed by atoms with Gasteiger partial charge in [-0.15, -0.1) is 0 Å². The number of ether oxygens (including phenoxy) is 2. The summed E-state index contributed by atoms with van der Waals surface area (Å²) in [5.41, 5.74) is 0. The summed E-state index contributed by atoms with van der Waals surface area (Å²) in [5, 5.41) is 11.5. The Morgan fingerprint density at radius 2 is 2.00 bits per heavy atom. The average Bonchev–Trinajstić information content (AvgIpc) is 2.50. The Balaban J connectivity index is 2.50. The third kappa shape index (κ3) is 5.58. The zero-order valence-corrected chi connectivity index (χ0v) is 12.3. The molecule has 0 bridgehead atoms. The smallest absolute Gasteiger partial charge is 0.326 e. The number of amides is 2. The molecule has 2 amide bonds. The molecule has 8 heteroatoms. The Bertz CT molecular complexity index is 381. The Hall–Kier alpha value is -1.83. The number of carboxylic acid groups (broad SMARTS) is 1. The topological polar surface area (TPSA) is 105 Å². The Kier molecular flexibility index (Phi) is 6.93. The van der Waals surface area contributed by atoms with Gasteiger partial charge in [-0.1, -0.05) is 0 Å². The van der Waals surface area contributed by atoms with Gasteiger partial charge in [0.25, 0.3) is 0 Å². The van der Waals surface area contributed by atoms with Crippen LogP contribution in [0.3, 0.4) is 0 Å². The fourth-order valence-corrected chi connectivity index (χ4v) is 2.11. The quantitative estimate of drug-likeness (QED) is 0.680. The van der Waals surface area contributed by atoms with Gasteiger partial charge in [0, 0.05) is 32.7 Å². The molecular weight excluding hydrogens is 280 g/mol. The van der Waals surface area contributed by atoms with E-state index in [-0.39, 0.29) is 18.9 Å². The molecule has 21 heavy (non-hydrogen) atoms. The predicted octanol–water partition coefficient (Wildman–Crippen LogP) is 0.213. The Morgan fingerprint density at radius 1 is 1.38 bits per heavy atom. The molecule has 0 aromatic heterocycles. The number of hydrogen-bond donors (Lipinski definition) is 2. The van der Waals surface area contributed by atoms with Crippen LogP contribution in [0, 0.1) is 0 Å². The van der Waals surface area contributed by atoms with Gasteiger partial charge in [0.1, 0.15) is 6.04 Å². The van der Waals surface area contributed by atoms with Crippen molar-refractivity contribution in [3.8, 4) is 0 Å². The first-order chi connectivity index (χ1) is 9.95. The molecule has 120 valence electrons. The number of urea groups is 1. The van der Waals surface area contributed by atoms with E-state index in [1.54, 1.807) is 7.05 Å². The van der Waals surface area contributed by atoms with E-state index >= 15 is 0 Å². The van der Waals surface area contributed by atoms with Gasteiger partial charge in [-0.2, -0.15) is 0 Å². The van der Waals surface area contributed by atoms with Crippen molar-refractivity contribution in [3.63, 3.8) is 0 Å². The van der Waals surface area contributed by atoms with E-state index in [0.29, 0.717) is 13.2 Å². The lowest BCUT2D eigenvalue weighted by molar-refractivity contribution is -0.142. The number of rotatable bonds is 6. The number of esters is 1. The van der Waals surface area contributed by atoms with Gasteiger partial charge in [0.15, 0.2) is 0 Å². The summed E-state index contributed by atoms with van der Waals surface area (Å²) in [7, 11) is 2.86. The van der Waals surface area contributed by atoms with Crippen molar-refractivity contribution in [1.29, 1.82) is 0 Å². The normalized spacial score (nSPS) is 16.9. The molecule has 0 aromatic carbocycles. The van der Waals surface area contributed by atoms with Crippen LogP contribution in [0.15, 0.2) is 0 Å². The molecule has 0 saturated carbocycles. The maximum atomic E-state index is 12.1. The standard InChI is InChI=1S/C13H22N2O6/c1-15(9-5-7-21-8-6-9)13(19)14-10(12(17)18)3-4-11(16)20-2/h9-10H,3-8H2,1-2H3,(H,14,19)(H,17,18)/t10-/m0/s1. The molecular formula is C13H22N2O6. The third-order valence-corrected chi connectivity index (χ3v) is 3.52. The van der Waals surface area contributed by atoms with E-state index in [9.17, 15) is 14.4 Å². The first-order valence-electron chi connectivity index (χ1n) is 6.86. The fraction of sp³-hybridized carbons (Fsp3) is 0.769. The molecule has 0 spiro atoms. The number of carbonyl (C=O) groups is 3. The van der Waals surface area contributed by atoms with Gasteiger partial charge in [-0.3, -0.25) is 4.79 Å². The van der Waals surface area contributed by atoms with Gasteiger partial charge in [0.2, 0.25) is 0 Å². The summed E-state index contributed by atoms with van der Waals surface area (Å²) < 4.78 is 9.68. The molecule has 2 N–H and O–H groups in total. The SMILES string of the molecule is COC(=O)CC[C@H](NC(=O)N(C)C1CCOCC1)C(=O)O. The average molecular weight is 302 g/mol. The molecule has 0 radical (unpaired) electrons. The number of aliphatic carboxylic acids is 1. The van der Waals surface area contributed by atoms with E-state index in [0.717, 1.165) is 12.8 Å². The molecule has 1 saturated heterocycles. The minimum Gasteiger partial charge on any atom is -0.480 e. The first kappa shape index (κ1) is 17.2. The summed E-state index contributed by atoms with van der Waals surface area (Å²) in [6, 6.07) is -1.54. The second kappa shape index (κ2) is 8.46. The van der Waals surface area contributed by atoms with E-state index in [2.05, 4.69) is 10.1 Å². The lowest BCUT2D eigenvalue weighted by Gasteiger charge is -2.32. The van der Waals surface area contributed by atoms with Crippen molar-refractivity contribution in [3.05, 3.63) is 0 Å². The number of carbonyl (C=O) groups excluding carboxylic acids is 2. The van der Waals surface area contributed by atoms with Crippen LogP contribution >= 0.6 is 0 Å². The molecule has 1 heterocycles. The van der Waals surface area contributed by atoms with Crippen molar-refractivity contribution in [2.45, 2.75) is 37.8 Å². The van der Waals surface area contributed by atoms with Gasteiger partial charge in [-0.05, 0) is 19.3 Å². The first-order valence-corrected chi connectivity index (χ1v) is 6.86. The van der Waals surface area contributed by atoms with Crippen molar-refractivity contribution in [1.82, 2.24) is 10.2 Å².